The number of hydrogen-bond acceptors (Lipinski definition) is 2. The lowest BCUT2D eigenvalue weighted by atomic mass is 9.89. The summed E-state index contributed by atoms with van der Waals surface area (Å²) in [6, 6.07) is 9.94. The van der Waals surface area contributed by atoms with E-state index in [0.717, 1.165) is 18.8 Å². The Kier molecular flexibility index (Phi) is 5.82. The molecule has 1 aromatic carbocycles. The van der Waals surface area contributed by atoms with E-state index in [1.165, 1.54) is 25.7 Å². The summed E-state index contributed by atoms with van der Waals surface area (Å²) in [7, 11) is 0. The van der Waals surface area contributed by atoms with Gasteiger partial charge in [-0.1, -0.05) is 31.0 Å². The minimum absolute atomic E-state index is 0.362. The SMILES string of the molecule is ClC1CCCCC1CNCCOc1ccccc1. The minimum Gasteiger partial charge on any atom is -0.492 e. The molecular weight excluding hydrogens is 246 g/mol. The summed E-state index contributed by atoms with van der Waals surface area (Å²) in [6.07, 6.45) is 5.06. The molecule has 2 rings (SSSR count). The largest absolute Gasteiger partial charge is 0.492 e. The lowest BCUT2D eigenvalue weighted by Crippen LogP contribution is -2.33. The monoisotopic (exact) mass is 267 g/mol. The van der Waals surface area contributed by atoms with Gasteiger partial charge in [-0.05, 0) is 37.4 Å². The van der Waals surface area contributed by atoms with Gasteiger partial charge >= 0.3 is 0 Å². The van der Waals surface area contributed by atoms with Crippen LogP contribution >= 0.6 is 11.6 Å². The van der Waals surface area contributed by atoms with E-state index in [1.54, 1.807) is 0 Å². The van der Waals surface area contributed by atoms with Crippen molar-refractivity contribution in [2.24, 2.45) is 5.92 Å². The molecule has 3 heteroatoms. The molecule has 18 heavy (non-hydrogen) atoms. The Balaban J connectivity index is 1.56. The second-order valence-corrected chi connectivity index (χ2v) is 5.49. The zero-order chi connectivity index (χ0) is 12.6. The number of ether oxygens (including phenoxy) is 1. The van der Waals surface area contributed by atoms with Gasteiger partial charge in [0.05, 0.1) is 0 Å². The van der Waals surface area contributed by atoms with Crippen molar-refractivity contribution >= 4 is 11.6 Å². The van der Waals surface area contributed by atoms with E-state index in [0.29, 0.717) is 17.9 Å². The fraction of sp³-hybridized carbons (Fsp3) is 0.600. The van der Waals surface area contributed by atoms with E-state index in [4.69, 9.17) is 16.3 Å². The molecule has 1 fully saturated rings. The van der Waals surface area contributed by atoms with E-state index in [1.807, 2.05) is 30.3 Å². The van der Waals surface area contributed by atoms with Crippen LogP contribution in [-0.4, -0.2) is 25.1 Å². The van der Waals surface area contributed by atoms with Crippen molar-refractivity contribution < 1.29 is 4.74 Å². The fourth-order valence-corrected chi connectivity index (χ4v) is 2.81. The van der Waals surface area contributed by atoms with E-state index in [2.05, 4.69) is 5.32 Å². The molecule has 0 amide bonds. The third-order valence-electron chi connectivity index (χ3n) is 3.51. The van der Waals surface area contributed by atoms with Crippen molar-refractivity contribution in [3.05, 3.63) is 30.3 Å². The van der Waals surface area contributed by atoms with Gasteiger partial charge in [0.15, 0.2) is 0 Å². The highest BCUT2D eigenvalue weighted by molar-refractivity contribution is 6.20. The summed E-state index contributed by atoms with van der Waals surface area (Å²) in [5.74, 6) is 1.57. The number of halogens is 1. The van der Waals surface area contributed by atoms with Crippen LogP contribution in [0, 0.1) is 5.92 Å². The molecule has 0 aromatic heterocycles. The molecule has 0 aliphatic heterocycles. The van der Waals surface area contributed by atoms with Gasteiger partial charge in [-0.2, -0.15) is 0 Å². The van der Waals surface area contributed by atoms with E-state index >= 15 is 0 Å². The fourth-order valence-electron chi connectivity index (χ4n) is 2.44. The van der Waals surface area contributed by atoms with Crippen LogP contribution < -0.4 is 10.1 Å². The number of benzene rings is 1. The normalized spacial score (nSPS) is 23.8. The molecule has 0 bridgehead atoms. The third kappa shape index (κ3) is 4.51. The van der Waals surface area contributed by atoms with Crippen molar-refractivity contribution in [2.45, 2.75) is 31.1 Å². The number of hydrogen-bond donors (Lipinski definition) is 1. The molecule has 0 radical (unpaired) electrons. The lowest BCUT2D eigenvalue weighted by Gasteiger charge is -2.27. The van der Waals surface area contributed by atoms with Crippen LogP contribution in [0.25, 0.3) is 0 Å². The summed E-state index contributed by atoms with van der Waals surface area (Å²) in [6.45, 7) is 2.62. The standard InChI is InChI=1S/C15H22ClNO/c16-15-9-5-4-6-13(15)12-17-10-11-18-14-7-2-1-3-8-14/h1-3,7-8,13,15,17H,4-6,9-12H2. The van der Waals surface area contributed by atoms with Gasteiger partial charge in [-0.3, -0.25) is 0 Å². The molecule has 2 unspecified atom stereocenters. The van der Waals surface area contributed by atoms with Gasteiger partial charge in [-0.25, -0.2) is 0 Å². The highest BCUT2D eigenvalue weighted by atomic mass is 35.5. The van der Waals surface area contributed by atoms with Crippen LogP contribution in [0.1, 0.15) is 25.7 Å². The number of nitrogens with one attached hydrogen (secondary N) is 1. The Hall–Kier alpha value is -0.730. The molecule has 1 saturated carbocycles. The Labute approximate surface area is 115 Å². The first-order valence-electron chi connectivity index (χ1n) is 6.89. The van der Waals surface area contributed by atoms with Crippen molar-refractivity contribution in [3.63, 3.8) is 0 Å². The number of rotatable bonds is 6. The molecule has 1 aliphatic rings. The average Bonchev–Trinajstić information content (AvgIpc) is 2.42. The van der Waals surface area contributed by atoms with Gasteiger partial charge < -0.3 is 10.1 Å². The maximum absolute atomic E-state index is 6.32. The Morgan fingerprint density at radius 2 is 1.94 bits per heavy atom. The topological polar surface area (TPSA) is 21.3 Å². The van der Waals surface area contributed by atoms with E-state index < -0.39 is 0 Å². The molecule has 0 saturated heterocycles. The van der Waals surface area contributed by atoms with Gasteiger partial charge in [0.2, 0.25) is 0 Å². The quantitative estimate of drug-likeness (QED) is 0.630. The van der Waals surface area contributed by atoms with Crippen LogP contribution in [0.4, 0.5) is 0 Å². The van der Waals surface area contributed by atoms with Crippen molar-refractivity contribution in [1.82, 2.24) is 5.32 Å². The summed E-state index contributed by atoms with van der Waals surface area (Å²) in [4.78, 5) is 0. The predicted molar refractivity (Wildman–Crippen MR) is 76.4 cm³/mol. The third-order valence-corrected chi connectivity index (χ3v) is 4.09. The minimum atomic E-state index is 0.362. The van der Waals surface area contributed by atoms with Crippen molar-refractivity contribution in [2.75, 3.05) is 19.7 Å². The molecule has 1 aliphatic carbocycles. The lowest BCUT2D eigenvalue weighted by molar-refractivity contribution is 0.296. The second kappa shape index (κ2) is 7.65. The Morgan fingerprint density at radius 1 is 1.17 bits per heavy atom. The molecule has 100 valence electrons. The first-order chi connectivity index (χ1) is 8.86. The summed E-state index contributed by atoms with van der Waals surface area (Å²) >= 11 is 6.32. The highest BCUT2D eigenvalue weighted by Gasteiger charge is 2.22. The first-order valence-corrected chi connectivity index (χ1v) is 7.32. The summed E-state index contributed by atoms with van der Waals surface area (Å²) in [5, 5.41) is 3.81. The average molecular weight is 268 g/mol. The van der Waals surface area contributed by atoms with E-state index in [9.17, 15) is 0 Å². The molecule has 1 N–H and O–H groups in total. The first kappa shape index (κ1) is 13.7. The van der Waals surface area contributed by atoms with Crippen LogP contribution in [0.15, 0.2) is 30.3 Å². The zero-order valence-corrected chi connectivity index (χ0v) is 11.5. The number of alkyl halides is 1. The second-order valence-electron chi connectivity index (χ2n) is 4.93. The molecule has 0 heterocycles. The van der Waals surface area contributed by atoms with Crippen LogP contribution in [0.5, 0.6) is 5.75 Å². The maximum Gasteiger partial charge on any atom is 0.119 e. The molecule has 2 nitrogen and oxygen atoms in total. The van der Waals surface area contributed by atoms with Crippen LogP contribution in [0.3, 0.4) is 0 Å². The van der Waals surface area contributed by atoms with Crippen LogP contribution in [-0.2, 0) is 0 Å². The predicted octanol–water partition coefficient (Wildman–Crippen LogP) is 3.45. The molecular formula is C15H22ClNO. The summed E-state index contributed by atoms with van der Waals surface area (Å²) in [5.41, 5.74) is 0. The Bertz CT molecular complexity index is 331. The maximum atomic E-state index is 6.32. The van der Waals surface area contributed by atoms with Crippen LogP contribution in [0.2, 0.25) is 0 Å². The smallest absolute Gasteiger partial charge is 0.119 e. The zero-order valence-electron chi connectivity index (χ0n) is 10.8. The van der Waals surface area contributed by atoms with Crippen molar-refractivity contribution in [3.8, 4) is 5.75 Å². The van der Waals surface area contributed by atoms with Gasteiger partial charge in [0, 0.05) is 11.9 Å². The van der Waals surface area contributed by atoms with Gasteiger partial charge in [0.1, 0.15) is 12.4 Å². The summed E-state index contributed by atoms with van der Waals surface area (Å²) < 4.78 is 5.63. The van der Waals surface area contributed by atoms with Gasteiger partial charge in [-0.15, -0.1) is 11.6 Å². The molecule has 2 atom stereocenters. The van der Waals surface area contributed by atoms with Crippen molar-refractivity contribution in [1.29, 1.82) is 0 Å². The molecule has 0 spiro atoms. The molecule has 1 aromatic rings. The Morgan fingerprint density at radius 3 is 2.72 bits per heavy atom. The van der Waals surface area contributed by atoms with Gasteiger partial charge in [0.25, 0.3) is 0 Å². The number of para-hydroxylation sites is 1. The highest BCUT2D eigenvalue weighted by Crippen LogP contribution is 2.27. The van der Waals surface area contributed by atoms with E-state index in [-0.39, 0.29) is 0 Å².